The molecule has 1 heterocycles. The van der Waals surface area contributed by atoms with E-state index in [0.29, 0.717) is 0 Å². The molecule has 0 fully saturated rings. The molecule has 0 aliphatic heterocycles. The van der Waals surface area contributed by atoms with E-state index in [1.807, 2.05) is 0 Å². The van der Waals surface area contributed by atoms with E-state index in [4.69, 9.17) is 5.11 Å². The molecule has 5 nitrogen and oxygen atoms in total. The van der Waals surface area contributed by atoms with Crippen LogP contribution >= 0.6 is 0 Å². The van der Waals surface area contributed by atoms with Crippen molar-refractivity contribution in [3.8, 4) is 5.75 Å². The largest absolute Gasteiger partial charge is 0.508 e. The van der Waals surface area contributed by atoms with E-state index >= 15 is 0 Å². The standard InChI is InChI=1S/C12H10F3N3O2/c13-10-3-8(19)1-2-9(10)12(20)17-7-4-16-18(5-7)6-11(14)15/h1-5,11,19H,6H2,(H,17,20). The highest BCUT2D eigenvalue weighted by molar-refractivity contribution is 6.04. The molecule has 106 valence electrons. The zero-order valence-electron chi connectivity index (χ0n) is 10.1. The van der Waals surface area contributed by atoms with Crippen LogP contribution in [-0.2, 0) is 6.54 Å². The summed E-state index contributed by atoms with van der Waals surface area (Å²) in [6.45, 7) is -0.594. The normalized spacial score (nSPS) is 10.8. The van der Waals surface area contributed by atoms with Gasteiger partial charge in [0.2, 0.25) is 0 Å². The lowest BCUT2D eigenvalue weighted by Crippen LogP contribution is -2.13. The molecule has 0 saturated heterocycles. The van der Waals surface area contributed by atoms with Crippen LogP contribution < -0.4 is 5.32 Å². The number of hydrogen-bond donors (Lipinski definition) is 2. The highest BCUT2D eigenvalue weighted by Gasteiger charge is 2.13. The Kier molecular flexibility index (Phi) is 3.92. The molecule has 0 radical (unpaired) electrons. The second-order valence-corrected chi connectivity index (χ2v) is 3.96. The molecular weight excluding hydrogens is 275 g/mol. The Labute approximate surface area is 111 Å². The molecule has 2 aromatic rings. The van der Waals surface area contributed by atoms with Crippen molar-refractivity contribution in [3.63, 3.8) is 0 Å². The third-order valence-corrected chi connectivity index (χ3v) is 2.41. The van der Waals surface area contributed by atoms with Crippen molar-refractivity contribution in [2.75, 3.05) is 5.32 Å². The first-order chi connectivity index (χ1) is 9.45. The minimum absolute atomic E-state index is 0.170. The van der Waals surface area contributed by atoms with E-state index in [1.165, 1.54) is 12.4 Å². The van der Waals surface area contributed by atoms with Gasteiger partial charge in [-0.25, -0.2) is 13.2 Å². The van der Waals surface area contributed by atoms with Crippen LogP contribution in [0.1, 0.15) is 10.4 Å². The quantitative estimate of drug-likeness (QED) is 0.905. The number of aromatic hydroxyl groups is 1. The average molecular weight is 285 g/mol. The van der Waals surface area contributed by atoms with Crippen molar-refractivity contribution in [1.29, 1.82) is 0 Å². The van der Waals surface area contributed by atoms with Crippen LogP contribution in [-0.4, -0.2) is 27.2 Å². The molecule has 0 aliphatic carbocycles. The number of phenolic OH excluding ortho intramolecular Hbond substituents is 1. The Balaban J connectivity index is 2.09. The molecular formula is C12H10F3N3O2. The molecule has 1 aromatic heterocycles. The van der Waals surface area contributed by atoms with E-state index < -0.39 is 24.7 Å². The van der Waals surface area contributed by atoms with Crippen LogP contribution in [0.15, 0.2) is 30.6 Å². The van der Waals surface area contributed by atoms with Gasteiger partial charge in [0.25, 0.3) is 12.3 Å². The van der Waals surface area contributed by atoms with Crippen LogP contribution in [0, 0.1) is 5.82 Å². The van der Waals surface area contributed by atoms with Crippen molar-refractivity contribution >= 4 is 11.6 Å². The monoisotopic (exact) mass is 285 g/mol. The van der Waals surface area contributed by atoms with Crippen LogP contribution in [0.2, 0.25) is 0 Å². The fourth-order valence-corrected chi connectivity index (χ4v) is 1.56. The zero-order valence-corrected chi connectivity index (χ0v) is 10.1. The predicted octanol–water partition coefficient (Wildman–Crippen LogP) is 2.25. The summed E-state index contributed by atoms with van der Waals surface area (Å²) >= 11 is 0. The maximum Gasteiger partial charge on any atom is 0.258 e. The molecule has 0 spiro atoms. The number of alkyl halides is 2. The summed E-state index contributed by atoms with van der Waals surface area (Å²) in [5.41, 5.74) is -0.104. The third-order valence-electron chi connectivity index (χ3n) is 2.41. The number of hydrogen-bond acceptors (Lipinski definition) is 3. The van der Waals surface area contributed by atoms with Crippen LogP contribution in [0.3, 0.4) is 0 Å². The molecule has 0 unspecified atom stereocenters. The number of nitrogens with one attached hydrogen (secondary N) is 1. The van der Waals surface area contributed by atoms with E-state index in [2.05, 4.69) is 10.4 Å². The average Bonchev–Trinajstić information content (AvgIpc) is 2.75. The highest BCUT2D eigenvalue weighted by Crippen LogP contribution is 2.16. The second kappa shape index (κ2) is 5.64. The number of halogens is 3. The summed E-state index contributed by atoms with van der Waals surface area (Å²) in [7, 11) is 0. The number of carbonyl (C=O) groups excluding carboxylic acids is 1. The number of aromatic nitrogens is 2. The van der Waals surface area contributed by atoms with Crippen molar-refractivity contribution in [2.45, 2.75) is 13.0 Å². The SMILES string of the molecule is O=C(Nc1cnn(CC(F)F)c1)c1ccc(O)cc1F. The predicted molar refractivity (Wildman–Crippen MR) is 64.2 cm³/mol. The van der Waals surface area contributed by atoms with Crippen LogP contribution in [0.4, 0.5) is 18.9 Å². The van der Waals surface area contributed by atoms with Crippen molar-refractivity contribution in [2.24, 2.45) is 0 Å². The van der Waals surface area contributed by atoms with Gasteiger partial charge in [-0.3, -0.25) is 9.48 Å². The fraction of sp³-hybridized carbons (Fsp3) is 0.167. The Hall–Kier alpha value is -2.51. The summed E-state index contributed by atoms with van der Waals surface area (Å²) in [6, 6.07) is 3.08. The van der Waals surface area contributed by atoms with Gasteiger partial charge < -0.3 is 10.4 Å². The number of benzene rings is 1. The third kappa shape index (κ3) is 3.28. The molecule has 0 saturated carbocycles. The fourth-order valence-electron chi connectivity index (χ4n) is 1.56. The van der Waals surface area contributed by atoms with Crippen molar-refractivity contribution < 1.29 is 23.1 Å². The molecule has 0 aliphatic rings. The van der Waals surface area contributed by atoms with Gasteiger partial charge in [-0.15, -0.1) is 0 Å². The molecule has 2 N–H and O–H groups in total. The number of phenols is 1. The van der Waals surface area contributed by atoms with Gasteiger partial charge in [0.05, 0.1) is 17.4 Å². The van der Waals surface area contributed by atoms with E-state index in [9.17, 15) is 18.0 Å². The molecule has 8 heteroatoms. The maximum absolute atomic E-state index is 13.4. The van der Waals surface area contributed by atoms with Crippen molar-refractivity contribution in [1.82, 2.24) is 9.78 Å². The Bertz CT molecular complexity index is 628. The number of carbonyl (C=O) groups is 1. The number of nitrogens with zero attached hydrogens (tertiary/aromatic N) is 2. The first-order valence-corrected chi connectivity index (χ1v) is 5.56. The Morgan fingerprint density at radius 2 is 2.20 bits per heavy atom. The lowest BCUT2D eigenvalue weighted by molar-refractivity contribution is 0.102. The molecule has 0 atom stereocenters. The lowest BCUT2D eigenvalue weighted by Gasteiger charge is -2.04. The van der Waals surface area contributed by atoms with Gasteiger partial charge in [0, 0.05) is 12.3 Å². The molecule has 2 rings (SSSR count). The van der Waals surface area contributed by atoms with Gasteiger partial charge in [0.1, 0.15) is 18.1 Å². The smallest absolute Gasteiger partial charge is 0.258 e. The van der Waals surface area contributed by atoms with E-state index in [0.717, 1.165) is 22.9 Å². The molecule has 20 heavy (non-hydrogen) atoms. The topological polar surface area (TPSA) is 67.2 Å². The zero-order chi connectivity index (χ0) is 14.7. The lowest BCUT2D eigenvalue weighted by atomic mass is 10.2. The first-order valence-electron chi connectivity index (χ1n) is 5.56. The minimum atomic E-state index is -2.56. The second-order valence-electron chi connectivity index (χ2n) is 3.96. The van der Waals surface area contributed by atoms with E-state index in [-0.39, 0.29) is 17.0 Å². The molecule has 0 bridgehead atoms. The summed E-state index contributed by atoms with van der Waals surface area (Å²) in [4.78, 5) is 11.8. The number of rotatable bonds is 4. The summed E-state index contributed by atoms with van der Waals surface area (Å²) in [6.07, 6.45) is -0.172. The van der Waals surface area contributed by atoms with E-state index in [1.54, 1.807) is 0 Å². The van der Waals surface area contributed by atoms with Crippen LogP contribution in [0.5, 0.6) is 5.75 Å². The van der Waals surface area contributed by atoms with Crippen LogP contribution in [0.25, 0.3) is 0 Å². The number of anilines is 1. The minimum Gasteiger partial charge on any atom is -0.508 e. The number of amides is 1. The summed E-state index contributed by atoms with van der Waals surface area (Å²) < 4.78 is 38.7. The van der Waals surface area contributed by atoms with Gasteiger partial charge in [-0.1, -0.05) is 0 Å². The molecule has 1 aromatic carbocycles. The van der Waals surface area contributed by atoms with Crippen molar-refractivity contribution in [3.05, 3.63) is 42.0 Å². The maximum atomic E-state index is 13.4. The van der Waals surface area contributed by atoms with Gasteiger partial charge >= 0.3 is 0 Å². The summed E-state index contributed by atoms with van der Waals surface area (Å²) in [5, 5.41) is 15.0. The Morgan fingerprint density at radius 3 is 2.85 bits per heavy atom. The Morgan fingerprint density at radius 1 is 1.45 bits per heavy atom. The van der Waals surface area contributed by atoms with Gasteiger partial charge in [-0.05, 0) is 12.1 Å². The first kappa shape index (κ1) is 13.9. The highest BCUT2D eigenvalue weighted by atomic mass is 19.3. The van der Waals surface area contributed by atoms with Gasteiger partial charge in [-0.2, -0.15) is 5.10 Å². The van der Waals surface area contributed by atoms with Gasteiger partial charge in [0.15, 0.2) is 0 Å². The molecule has 1 amide bonds. The summed E-state index contributed by atoms with van der Waals surface area (Å²) in [5.74, 6) is -1.95.